The van der Waals surface area contributed by atoms with Crippen molar-refractivity contribution in [3.63, 3.8) is 0 Å². The molecule has 1 fully saturated rings. The molecule has 4 nitrogen and oxygen atoms in total. The molecule has 0 amide bonds. The molecule has 0 radical (unpaired) electrons. The van der Waals surface area contributed by atoms with Crippen molar-refractivity contribution in [2.24, 2.45) is 0 Å². The second kappa shape index (κ2) is 5.44. The van der Waals surface area contributed by atoms with Gasteiger partial charge in [-0.05, 0) is 15.9 Å². The Morgan fingerprint density at radius 1 is 1.35 bits per heavy atom. The van der Waals surface area contributed by atoms with Crippen molar-refractivity contribution in [3.05, 3.63) is 16.5 Å². The Morgan fingerprint density at radius 2 is 2.00 bits per heavy atom. The predicted molar refractivity (Wildman–Crippen MR) is 73.9 cm³/mol. The van der Waals surface area contributed by atoms with Crippen LogP contribution < -0.4 is 4.90 Å². The molecule has 1 aromatic heterocycles. The van der Waals surface area contributed by atoms with Crippen molar-refractivity contribution in [1.29, 1.82) is 0 Å². The van der Waals surface area contributed by atoms with Crippen molar-refractivity contribution < 1.29 is 4.21 Å². The average molecular weight is 318 g/mol. The van der Waals surface area contributed by atoms with Crippen molar-refractivity contribution in [2.75, 3.05) is 29.5 Å². The van der Waals surface area contributed by atoms with E-state index in [2.05, 4.69) is 44.6 Å². The van der Waals surface area contributed by atoms with Gasteiger partial charge in [0, 0.05) is 47.4 Å². The Kier molecular flexibility index (Phi) is 4.14. The average Bonchev–Trinajstić information content (AvgIpc) is 2.29. The highest BCUT2D eigenvalue weighted by molar-refractivity contribution is 9.10. The Bertz CT molecular complexity index is 429. The van der Waals surface area contributed by atoms with Crippen LogP contribution in [0.15, 0.2) is 10.7 Å². The molecule has 0 aliphatic carbocycles. The Labute approximate surface area is 112 Å². The van der Waals surface area contributed by atoms with Gasteiger partial charge in [0.05, 0.1) is 0 Å². The molecule has 0 N–H and O–H groups in total. The molecule has 1 aliphatic rings. The van der Waals surface area contributed by atoms with Crippen LogP contribution in [0.3, 0.4) is 0 Å². The van der Waals surface area contributed by atoms with Gasteiger partial charge in [-0.3, -0.25) is 4.21 Å². The van der Waals surface area contributed by atoms with Crippen molar-refractivity contribution >= 4 is 32.5 Å². The maximum absolute atomic E-state index is 11.3. The lowest BCUT2D eigenvalue weighted by atomic mass is 10.2. The Morgan fingerprint density at radius 3 is 2.59 bits per heavy atom. The van der Waals surface area contributed by atoms with Gasteiger partial charge in [0.25, 0.3) is 0 Å². The molecule has 0 atom stereocenters. The summed E-state index contributed by atoms with van der Waals surface area (Å²) in [5, 5.41) is 0. The quantitative estimate of drug-likeness (QED) is 0.782. The number of anilines is 1. The first-order valence-corrected chi connectivity index (χ1v) is 7.99. The molecule has 0 aromatic carbocycles. The first kappa shape index (κ1) is 13.0. The summed E-state index contributed by atoms with van der Waals surface area (Å²) < 4.78 is 12.1. The first-order chi connectivity index (χ1) is 8.06. The molecule has 94 valence electrons. The van der Waals surface area contributed by atoms with E-state index in [9.17, 15) is 4.21 Å². The number of aromatic nitrogens is 2. The van der Waals surface area contributed by atoms with Gasteiger partial charge in [-0.1, -0.05) is 13.8 Å². The molecule has 2 rings (SSSR count). The van der Waals surface area contributed by atoms with E-state index in [1.54, 1.807) is 0 Å². The van der Waals surface area contributed by atoms with Crippen molar-refractivity contribution in [1.82, 2.24) is 9.97 Å². The molecule has 0 spiro atoms. The molecule has 6 heteroatoms. The van der Waals surface area contributed by atoms with Crippen LogP contribution in [0.1, 0.15) is 25.6 Å². The monoisotopic (exact) mass is 317 g/mol. The van der Waals surface area contributed by atoms with Crippen molar-refractivity contribution in [3.8, 4) is 0 Å². The number of nitrogens with zero attached hydrogens (tertiary/aromatic N) is 3. The molecule has 0 unspecified atom stereocenters. The maximum atomic E-state index is 11.3. The van der Waals surface area contributed by atoms with E-state index in [4.69, 9.17) is 0 Å². The summed E-state index contributed by atoms with van der Waals surface area (Å²) in [6.45, 7) is 5.79. The first-order valence-electron chi connectivity index (χ1n) is 5.70. The van der Waals surface area contributed by atoms with Crippen LogP contribution in [-0.2, 0) is 10.8 Å². The van der Waals surface area contributed by atoms with E-state index in [0.717, 1.165) is 40.8 Å². The third-order valence-electron chi connectivity index (χ3n) is 2.72. The fourth-order valence-corrected chi connectivity index (χ4v) is 3.15. The van der Waals surface area contributed by atoms with Gasteiger partial charge in [-0.2, -0.15) is 0 Å². The van der Waals surface area contributed by atoms with Gasteiger partial charge < -0.3 is 4.90 Å². The van der Waals surface area contributed by atoms with E-state index < -0.39 is 10.8 Å². The summed E-state index contributed by atoms with van der Waals surface area (Å²) >= 11 is 3.42. The maximum Gasteiger partial charge on any atom is 0.134 e. The lowest BCUT2D eigenvalue weighted by Crippen LogP contribution is -2.38. The number of rotatable bonds is 2. The van der Waals surface area contributed by atoms with Gasteiger partial charge in [0.15, 0.2) is 0 Å². The summed E-state index contributed by atoms with van der Waals surface area (Å²) in [5.74, 6) is 3.57. The Balaban J connectivity index is 2.23. The number of halogens is 1. The second-order valence-electron chi connectivity index (χ2n) is 4.40. The third kappa shape index (κ3) is 3.25. The smallest absolute Gasteiger partial charge is 0.134 e. The van der Waals surface area contributed by atoms with Gasteiger partial charge in [0.1, 0.15) is 16.2 Å². The van der Waals surface area contributed by atoms with E-state index in [0.29, 0.717) is 5.92 Å². The van der Waals surface area contributed by atoms with Gasteiger partial charge >= 0.3 is 0 Å². The van der Waals surface area contributed by atoms with Crippen LogP contribution in [0.5, 0.6) is 0 Å². The molecular formula is C11H16BrN3OS. The molecule has 0 bridgehead atoms. The topological polar surface area (TPSA) is 46.1 Å². The minimum Gasteiger partial charge on any atom is -0.355 e. The minimum atomic E-state index is -0.651. The van der Waals surface area contributed by atoms with Crippen LogP contribution in [0.2, 0.25) is 0 Å². The van der Waals surface area contributed by atoms with Gasteiger partial charge in [0.2, 0.25) is 0 Å². The second-order valence-corrected chi connectivity index (χ2v) is 6.91. The zero-order valence-electron chi connectivity index (χ0n) is 10.0. The van der Waals surface area contributed by atoms with Gasteiger partial charge in [-0.25, -0.2) is 9.97 Å². The van der Waals surface area contributed by atoms with E-state index in [1.165, 1.54) is 0 Å². The van der Waals surface area contributed by atoms with Crippen LogP contribution >= 0.6 is 15.9 Å². The molecule has 17 heavy (non-hydrogen) atoms. The zero-order valence-corrected chi connectivity index (χ0v) is 12.4. The SMILES string of the molecule is CC(C)c1nc(Br)cc(N2CCS(=O)CC2)n1. The molecule has 1 aliphatic heterocycles. The molecule has 1 saturated heterocycles. The highest BCUT2D eigenvalue weighted by Crippen LogP contribution is 2.21. The third-order valence-corrected chi connectivity index (χ3v) is 4.40. The van der Waals surface area contributed by atoms with Gasteiger partial charge in [-0.15, -0.1) is 0 Å². The fourth-order valence-electron chi connectivity index (χ4n) is 1.71. The lowest BCUT2D eigenvalue weighted by molar-refractivity contribution is 0.671. The molecular weight excluding hydrogens is 302 g/mol. The van der Waals surface area contributed by atoms with Crippen LogP contribution in [0.25, 0.3) is 0 Å². The van der Waals surface area contributed by atoms with E-state index in [-0.39, 0.29) is 0 Å². The Hall–Kier alpha value is -0.490. The highest BCUT2D eigenvalue weighted by atomic mass is 79.9. The summed E-state index contributed by atoms with van der Waals surface area (Å²) in [5.41, 5.74) is 0. The van der Waals surface area contributed by atoms with E-state index in [1.807, 2.05) is 6.07 Å². The summed E-state index contributed by atoms with van der Waals surface area (Å²) in [6.07, 6.45) is 0. The summed E-state index contributed by atoms with van der Waals surface area (Å²) in [4.78, 5) is 11.1. The zero-order chi connectivity index (χ0) is 12.4. The largest absolute Gasteiger partial charge is 0.355 e. The summed E-state index contributed by atoms with van der Waals surface area (Å²) in [7, 11) is -0.651. The number of hydrogen-bond donors (Lipinski definition) is 0. The molecule has 0 saturated carbocycles. The predicted octanol–water partition coefficient (Wildman–Crippen LogP) is 1.93. The van der Waals surface area contributed by atoms with E-state index >= 15 is 0 Å². The van der Waals surface area contributed by atoms with Crippen LogP contribution in [-0.4, -0.2) is 38.8 Å². The summed E-state index contributed by atoms with van der Waals surface area (Å²) in [6, 6.07) is 1.93. The lowest BCUT2D eigenvalue weighted by Gasteiger charge is -2.27. The minimum absolute atomic E-state index is 0.310. The molecule has 2 heterocycles. The van der Waals surface area contributed by atoms with Crippen molar-refractivity contribution in [2.45, 2.75) is 19.8 Å². The van der Waals surface area contributed by atoms with Crippen LogP contribution in [0, 0.1) is 0 Å². The van der Waals surface area contributed by atoms with Crippen LogP contribution in [0.4, 0.5) is 5.82 Å². The fraction of sp³-hybridized carbons (Fsp3) is 0.636. The molecule has 1 aromatic rings. The standard InChI is InChI=1S/C11H16BrN3OS/c1-8(2)11-13-9(12)7-10(14-11)15-3-5-17(16)6-4-15/h7-8H,3-6H2,1-2H3. The number of hydrogen-bond acceptors (Lipinski definition) is 4. The highest BCUT2D eigenvalue weighted by Gasteiger charge is 2.18. The normalized spacial score (nSPS) is 17.8.